The number of hydrazone groups is 1. The van der Waals surface area contributed by atoms with E-state index in [9.17, 15) is 9.59 Å². The molecule has 0 aliphatic rings. The Morgan fingerprint density at radius 2 is 2.00 bits per heavy atom. The number of amides is 2. The van der Waals surface area contributed by atoms with Crippen molar-refractivity contribution in [3.8, 4) is 5.75 Å². The number of benzene rings is 2. The van der Waals surface area contributed by atoms with Crippen LogP contribution in [-0.4, -0.2) is 31.4 Å². The Hall–Kier alpha value is -2.87. The smallest absolute Gasteiger partial charge is 0.344 e. The highest BCUT2D eigenvalue weighted by molar-refractivity contribution is 9.10. The van der Waals surface area contributed by atoms with E-state index in [4.69, 9.17) is 9.47 Å². The number of nitrogens with zero attached hydrogens (tertiary/aromatic N) is 1. The van der Waals surface area contributed by atoms with Crippen LogP contribution in [-0.2, 0) is 9.53 Å². The summed E-state index contributed by atoms with van der Waals surface area (Å²) < 4.78 is 11.1. The van der Waals surface area contributed by atoms with Gasteiger partial charge in [-0.25, -0.2) is 15.0 Å². The Labute approximate surface area is 165 Å². The van der Waals surface area contributed by atoms with Gasteiger partial charge in [-0.2, -0.15) is 5.10 Å². The molecule has 0 heterocycles. The average molecular weight is 434 g/mol. The van der Waals surface area contributed by atoms with Gasteiger partial charge in [0.25, 0.3) is 0 Å². The third-order valence-corrected chi connectivity index (χ3v) is 3.88. The van der Waals surface area contributed by atoms with E-state index < -0.39 is 12.0 Å². The second kappa shape index (κ2) is 10.3. The van der Waals surface area contributed by atoms with Crippen molar-refractivity contribution in [2.45, 2.75) is 13.8 Å². The molecule has 8 heteroatoms. The number of anilines is 1. The average Bonchev–Trinajstić information content (AvgIpc) is 2.63. The van der Waals surface area contributed by atoms with Gasteiger partial charge in [-0.1, -0.05) is 34.1 Å². The molecule has 0 unspecified atom stereocenters. The van der Waals surface area contributed by atoms with Crippen LogP contribution in [0.4, 0.5) is 10.5 Å². The van der Waals surface area contributed by atoms with E-state index in [0.717, 1.165) is 10.0 Å². The normalized spacial score (nSPS) is 10.5. The molecule has 2 aromatic rings. The van der Waals surface area contributed by atoms with Crippen LogP contribution in [0.25, 0.3) is 0 Å². The number of esters is 1. The van der Waals surface area contributed by atoms with Crippen LogP contribution in [0.3, 0.4) is 0 Å². The number of ether oxygens (including phenoxy) is 2. The molecule has 7 nitrogen and oxygen atoms in total. The number of para-hydroxylation sites is 1. The van der Waals surface area contributed by atoms with E-state index in [1.165, 1.54) is 6.21 Å². The van der Waals surface area contributed by atoms with Gasteiger partial charge in [-0.15, -0.1) is 0 Å². The maximum absolute atomic E-state index is 12.0. The lowest BCUT2D eigenvalue weighted by Gasteiger charge is -2.09. The zero-order chi connectivity index (χ0) is 19.6. The molecular formula is C19H20BrN3O4. The van der Waals surface area contributed by atoms with Crippen molar-refractivity contribution in [3.63, 3.8) is 0 Å². The van der Waals surface area contributed by atoms with E-state index in [0.29, 0.717) is 17.0 Å². The van der Waals surface area contributed by atoms with Crippen molar-refractivity contribution in [3.05, 3.63) is 58.1 Å². The van der Waals surface area contributed by atoms with E-state index in [1.807, 2.05) is 25.1 Å². The second-order valence-electron chi connectivity index (χ2n) is 5.41. The third kappa shape index (κ3) is 6.74. The number of hydrogen-bond acceptors (Lipinski definition) is 5. The molecule has 0 spiro atoms. The van der Waals surface area contributed by atoms with Crippen LogP contribution in [0.5, 0.6) is 5.75 Å². The van der Waals surface area contributed by atoms with Crippen molar-refractivity contribution in [1.29, 1.82) is 0 Å². The van der Waals surface area contributed by atoms with Gasteiger partial charge in [0.05, 0.1) is 12.8 Å². The van der Waals surface area contributed by atoms with E-state index in [1.54, 1.807) is 31.2 Å². The molecule has 2 amide bonds. The van der Waals surface area contributed by atoms with Crippen LogP contribution < -0.4 is 15.5 Å². The molecule has 2 rings (SSSR count). The quantitative estimate of drug-likeness (QED) is 0.394. The topological polar surface area (TPSA) is 89.0 Å². The summed E-state index contributed by atoms with van der Waals surface area (Å²) >= 11 is 3.37. The fraction of sp³-hybridized carbons (Fsp3) is 0.211. The summed E-state index contributed by atoms with van der Waals surface area (Å²) in [6.07, 6.45) is 1.43. The third-order valence-electron chi connectivity index (χ3n) is 3.39. The van der Waals surface area contributed by atoms with Gasteiger partial charge >= 0.3 is 12.0 Å². The SMILES string of the molecule is CCOC(=O)COc1ccc(Br)cc1C=NNC(=O)Nc1ccccc1C. The van der Waals surface area contributed by atoms with Crippen LogP contribution in [0.2, 0.25) is 0 Å². The number of urea groups is 1. The Bertz CT molecular complexity index is 839. The van der Waals surface area contributed by atoms with Crippen molar-refractivity contribution in [1.82, 2.24) is 5.43 Å². The van der Waals surface area contributed by atoms with Crippen LogP contribution in [0, 0.1) is 6.92 Å². The molecule has 2 aromatic carbocycles. The standard InChI is InChI=1S/C19H20BrN3O4/c1-3-26-18(24)12-27-17-9-8-15(20)10-14(17)11-21-23-19(25)22-16-7-5-4-6-13(16)2/h4-11H,3,12H2,1-2H3,(H2,22,23,25). The van der Waals surface area contributed by atoms with Gasteiger partial charge in [0.2, 0.25) is 0 Å². The first-order chi connectivity index (χ1) is 13.0. The highest BCUT2D eigenvalue weighted by Gasteiger charge is 2.08. The first-order valence-electron chi connectivity index (χ1n) is 8.23. The van der Waals surface area contributed by atoms with Gasteiger partial charge < -0.3 is 14.8 Å². The summed E-state index contributed by atoms with van der Waals surface area (Å²) in [4.78, 5) is 23.4. The first-order valence-corrected chi connectivity index (χ1v) is 9.02. The van der Waals surface area contributed by atoms with Crippen LogP contribution >= 0.6 is 15.9 Å². The maximum atomic E-state index is 12.0. The van der Waals surface area contributed by atoms with Gasteiger partial charge in [0.15, 0.2) is 6.61 Å². The van der Waals surface area contributed by atoms with Crippen molar-refractivity contribution in [2.24, 2.45) is 5.10 Å². The number of carbonyl (C=O) groups excluding carboxylic acids is 2. The largest absolute Gasteiger partial charge is 0.481 e. The highest BCUT2D eigenvalue weighted by atomic mass is 79.9. The number of carbonyl (C=O) groups is 2. The lowest BCUT2D eigenvalue weighted by atomic mass is 10.2. The molecule has 0 aromatic heterocycles. The number of rotatable bonds is 7. The summed E-state index contributed by atoms with van der Waals surface area (Å²) in [6, 6.07) is 12.2. The minimum Gasteiger partial charge on any atom is -0.481 e. The molecule has 0 saturated heterocycles. The fourth-order valence-corrected chi connectivity index (χ4v) is 2.49. The zero-order valence-electron chi connectivity index (χ0n) is 15.0. The zero-order valence-corrected chi connectivity index (χ0v) is 16.6. The van der Waals surface area contributed by atoms with Crippen molar-refractivity contribution in [2.75, 3.05) is 18.5 Å². The van der Waals surface area contributed by atoms with Crippen molar-refractivity contribution < 1.29 is 19.1 Å². The van der Waals surface area contributed by atoms with Crippen LogP contribution in [0.1, 0.15) is 18.1 Å². The van der Waals surface area contributed by atoms with Gasteiger partial charge in [0.1, 0.15) is 5.75 Å². The fourth-order valence-electron chi connectivity index (χ4n) is 2.11. The Morgan fingerprint density at radius 3 is 2.74 bits per heavy atom. The monoisotopic (exact) mass is 433 g/mol. The van der Waals surface area contributed by atoms with Gasteiger partial charge in [0, 0.05) is 15.7 Å². The molecular weight excluding hydrogens is 414 g/mol. The molecule has 142 valence electrons. The molecule has 0 saturated carbocycles. The van der Waals surface area contributed by atoms with Crippen molar-refractivity contribution >= 4 is 39.8 Å². The van der Waals surface area contributed by atoms with E-state index in [2.05, 4.69) is 31.8 Å². The minimum atomic E-state index is -0.468. The minimum absolute atomic E-state index is 0.211. The lowest BCUT2D eigenvalue weighted by molar-refractivity contribution is -0.145. The van der Waals surface area contributed by atoms with E-state index >= 15 is 0 Å². The van der Waals surface area contributed by atoms with Gasteiger partial charge in [-0.05, 0) is 43.7 Å². The lowest BCUT2D eigenvalue weighted by Crippen LogP contribution is -2.24. The second-order valence-corrected chi connectivity index (χ2v) is 6.33. The van der Waals surface area contributed by atoms with Gasteiger partial charge in [-0.3, -0.25) is 0 Å². The first kappa shape index (κ1) is 20.4. The summed E-state index contributed by atoms with van der Waals surface area (Å²) in [6.45, 7) is 3.70. The molecule has 0 fully saturated rings. The molecule has 2 N–H and O–H groups in total. The Morgan fingerprint density at radius 1 is 1.22 bits per heavy atom. The Balaban J connectivity index is 1.98. The Kier molecular flexibility index (Phi) is 7.81. The molecule has 27 heavy (non-hydrogen) atoms. The molecule has 0 bridgehead atoms. The molecule has 0 aliphatic heterocycles. The number of nitrogens with one attached hydrogen (secondary N) is 2. The summed E-state index contributed by atoms with van der Waals surface area (Å²) in [5.41, 5.74) is 4.63. The summed E-state index contributed by atoms with van der Waals surface area (Å²) in [5, 5.41) is 6.64. The predicted molar refractivity (Wildman–Crippen MR) is 107 cm³/mol. The molecule has 0 radical (unpaired) electrons. The molecule has 0 aliphatic carbocycles. The number of aryl methyl sites for hydroxylation is 1. The maximum Gasteiger partial charge on any atom is 0.344 e. The van der Waals surface area contributed by atoms with E-state index in [-0.39, 0.29) is 13.2 Å². The summed E-state index contributed by atoms with van der Waals surface area (Å²) in [7, 11) is 0. The summed E-state index contributed by atoms with van der Waals surface area (Å²) in [5.74, 6) is -0.0184. The molecule has 0 atom stereocenters. The predicted octanol–water partition coefficient (Wildman–Crippen LogP) is 3.86. The number of halogens is 1. The number of hydrogen-bond donors (Lipinski definition) is 2. The highest BCUT2D eigenvalue weighted by Crippen LogP contribution is 2.22. The van der Waals surface area contributed by atoms with Crippen LogP contribution in [0.15, 0.2) is 52.0 Å².